The summed E-state index contributed by atoms with van der Waals surface area (Å²) in [5.41, 5.74) is 3.02. The maximum atomic E-state index is 8.89. The molecule has 0 aliphatic carbocycles. The molecule has 0 radical (unpaired) electrons. The highest BCUT2D eigenvalue weighted by atomic mass is 127. The molecule has 0 saturated carbocycles. The number of benzene rings is 2. The van der Waals surface area contributed by atoms with Crippen molar-refractivity contribution in [2.24, 2.45) is 0 Å². The van der Waals surface area contributed by atoms with Gasteiger partial charge in [-0.05, 0) is 58.5 Å². The summed E-state index contributed by atoms with van der Waals surface area (Å²) in [4.78, 5) is 2.14. The van der Waals surface area contributed by atoms with Crippen molar-refractivity contribution in [3.8, 4) is 6.07 Å². The van der Waals surface area contributed by atoms with Gasteiger partial charge in [0, 0.05) is 22.8 Å². The summed E-state index contributed by atoms with van der Waals surface area (Å²) < 4.78 is 1.24. The molecule has 2 aromatic carbocycles. The van der Waals surface area contributed by atoms with Gasteiger partial charge in [0.25, 0.3) is 0 Å². The van der Waals surface area contributed by atoms with E-state index in [0.29, 0.717) is 5.56 Å². The summed E-state index contributed by atoms with van der Waals surface area (Å²) in [7, 11) is 2.04. The maximum Gasteiger partial charge on any atom is 0.0992 e. The van der Waals surface area contributed by atoms with Crippen LogP contribution in [0.4, 0.5) is 5.69 Å². The second-order valence-electron chi connectivity index (χ2n) is 4.14. The summed E-state index contributed by atoms with van der Waals surface area (Å²) in [6.07, 6.45) is 0. The van der Waals surface area contributed by atoms with Crippen molar-refractivity contribution in [2.45, 2.75) is 6.54 Å². The topological polar surface area (TPSA) is 27.0 Å². The van der Waals surface area contributed by atoms with Gasteiger partial charge in [0.05, 0.1) is 11.6 Å². The fourth-order valence-electron chi connectivity index (χ4n) is 1.77. The first-order valence-electron chi connectivity index (χ1n) is 5.65. The van der Waals surface area contributed by atoms with Crippen LogP contribution in [-0.2, 0) is 6.54 Å². The number of nitriles is 1. The van der Waals surface area contributed by atoms with Gasteiger partial charge < -0.3 is 4.90 Å². The van der Waals surface area contributed by atoms with E-state index < -0.39 is 0 Å². The smallest absolute Gasteiger partial charge is 0.0992 e. The van der Waals surface area contributed by atoms with Crippen molar-refractivity contribution in [2.75, 3.05) is 11.9 Å². The predicted octanol–water partition coefficient (Wildman–Crippen LogP) is 3.80. The second kappa shape index (κ2) is 5.87. The fourth-order valence-corrected chi connectivity index (χ4v) is 2.13. The van der Waals surface area contributed by atoms with Crippen molar-refractivity contribution in [3.63, 3.8) is 0 Å². The van der Waals surface area contributed by atoms with Gasteiger partial charge in [-0.15, -0.1) is 0 Å². The SMILES string of the molecule is CN(Cc1ccc(I)cc1)c1cccc(C#N)c1. The molecule has 0 unspecified atom stereocenters. The molecule has 0 aromatic heterocycles. The number of anilines is 1. The van der Waals surface area contributed by atoms with Crippen LogP contribution in [0.25, 0.3) is 0 Å². The average Bonchev–Trinajstić information content (AvgIpc) is 2.41. The Morgan fingerprint density at radius 2 is 1.89 bits per heavy atom. The highest BCUT2D eigenvalue weighted by molar-refractivity contribution is 14.1. The molecule has 2 aromatic rings. The van der Waals surface area contributed by atoms with Gasteiger partial charge in [-0.2, -0.15) is 5.26 Å². The largest absolute Gasteiger partial charge is 0.370 e. The first kappa shape index (κ1) is 12.9. The molecule has 0 fully saturated rings. The van der Waals surface area contributed by atoms with Crippen LogP contribution in [0.1, 0.15) is 11.1 Å². The Hall–Kier alpha value is -1.54. The van der Waals surface area contributed by atoms with Gasteiger partial charge in [-0.3, -0.25) is 0 Å². The van der Waals surface area contributed by atoms with Crippen LogP contribution in [0.15, 0.2) is 48.5 Å². The van der Waals surface area contributed by atoms with Crippen LogP contribution in [0.3, 0.4) is 0 Å². The third kappa shape index (κ3) is 3.23. The number of hydrogen-bond donors (Lipinski definition) is 0. The Labute approximate surface area is 121 Å². The monoisotopic (exact) mass is 348 g/mol. The molecule has 0 aliphatic heterocycles. The average molecular weight is 348 g/mol. The Balaban J connectivity index is 2.14. The zero-order valence-electron chi connectivity index (χ0n) is 10.1. The van der Waals surface area contributed by atoms with E-state index in [-0.39, 0.29) is 0 Å². The van der Waals surface area contributed by atoms with Crippen LogP contribution >= 0.6 is 22.6 Å². The Morgan fingerprint density at radius 1 is 1.17 bits per heavy atom. The Morgan fingerprint density at radius 3 is 2.56 bits per heavy atom. The number of halogens is 1. The van der Waals surface area contributed by atoms with Crippen LogP contribution in [0, 0.1) is 14.9 Å². The van der Waals surface area contributed by atoms with E-state index in [1.807, 2.05) is 31.3 Å². The van der Waals surface area contributed by atoms with Crippen molar-refractivity contribution in [3.05, 3.63) is 63.2 Å². The minimum Gasteiger partial charge on any atom is -0.370 e. The third-order valence-corrected chi connectivity index (χ3v) is 3.47. The van der Waals surface area contributed by atoms with Crippen molar-refractivity contribution in [1.82, 2.24) is 0 Å². The van der Waals surface area contributed by atoms with Crippen LogP contribution < -0.4 is 4.90 Å². The minimum absolute atomic E-state index is 0.696. The van der Waals surface area contributed by atoms with E-state index in [2.05, 4.69) is 57.8 Å². The number of hydrogen-bond acceptors (Lipinski definition) is 2. The summed E-state index contributed by atoms with van der Waals surface area (Å²) in [5.74, 6) is 0. The Bertz CT molecular complexity index is 570. The molecular weight excluding hydrogens is 335 g/mol. The van der Waals surface area contributed by atoms with Crippen LogP contribution in [0.5, 0.6) is 0 Å². The number of nitrogens with zero attached hydrogens (tertiary/aromatic N) is 2. The quantitative estimate of drug-likeness (QED) is 0.789. The van der Waals surface area contributed by atoms with E-state index in [9.17, 15) is 0 Å². The van der Waals surface area contributed by atoms with Crippen LogP contribution in [-0.4, -0.2) is 7.05 Å². The standard InChI is InChI=1S/C15H13IN2/c1-18(11-12-5-7-14(16)8-6-12)15-4-2-3-13(9-15)10-17/h2-9H,11H2,1H3. The lowest BCUT2D eigenvalue weighted by atomic mass is 10.1. The van der Waals surface area contributed by atoms with Crippen molar-refractivity contribution < 1.29 is 0 Å². The molecule has 2 rings (SSSR count). The lowest BCUT2D eigenvalue weighted by molar-refractivity contribution is 0.922. The molecule has 0 amide bonds. The molecule has 0 saturated heterocycles. The maximum absolute atomic E-state index is 8.89. The molecule has 3 heteroatoms. The lowest BCUT2D eigenvalue weighted by Crippen LogP contribution is -2.16. The summed E-state index contributed by atoms with van der Waals surface area (Å²) in [6.45, 7) is 0.839. The van der Waals surface area contributed by atoms with Crippen molar-refractivity contribution in [1.29, 1.82) is 5.26 Å². The van der Waals surface area contributed by atoms with E-state index in [4.69, 9.17) is 5.26 Å². The fraction of sp³-hybridized carbons (Fsp3) is 0.133. The first-order chi connectivity index (χ1) is 8.69. The normalized spacial score (nSPS) is 9.83. The third-order valence-electron chi connectivity index (χ3n) is 2.75. The highest BCUT2D eigenvalue weighted by Crippen LogP contribution is 2.17. The van der Waals surface area contributed by atoms with Gasteiger partial charge >= 0.3 is 0 Å². The van der Waals surface area contributed by atoms with E-state index >= 15 is 0 Å². The Kier molecular flexibility index (Phi) is 4.21. The molecule has 2 nitrogen and oxygen atoms in total. The van der Waals surface area contributed by atoms with Gasteiger partial charge in [-0.1, -0.05) is 18.2 Å². The van der Waals surface area contributed by atoms with Gasteiger partial charge in [0.15, 0.2) is 0 Å². The zero-order chi connectivity index (χ0) is 13.0. The van der Waals surface area contributed by atoms with Gasteiger partial charge in [0.1, 0.15) is 0 Å². The summed E-state index contributed by atoms with van der Waals surface area (Å²) in [5, 5.41) is 8.89. The van der Waals surface area contributed by atoms with Gasteiger partial charge in [-0.25, -0.2) is 0 Å². The van der Waals surface area contributed by atoms with Crippen LogP contribution in [0.2, 0.25) is 0 Å². The molecule has 0 heterocycles. The summed E-state index contributed by atoms with van der Waals surface area (Å²) >= 11 is 2.30. The lowest BCUT2D eigenvalue weighted by Gasteiger charge is -2.19. The summed E-state index contributed by atoms with van der Waals surface area (Å²) in [6, 6.07) is 18.3. The first-order valence-corrected chi connectivity index (χ1v) is 6.72. The molecular formula is C15H13IN2. The molecule has 90 valence electrons. The van der Waals surface area contributed by atoms with Crippen molar-refractivity contribution >= 4 is 28.3 Å². The molecule has 0 spiro atoms. The highest BCUT2D eigenvalue weighted by Gasteiger charge is 2.03. The zero-order valence-corrected chi connectivity index (χ0v) is 12.3. The van der Waals surface area contributed by atoms with E-state index in [1.165, 1.54) is 9.13 Å². The molecule has 0 N–H and O–H groups in total. The molecule has 18 heavy (non-hydrogen) atoms. The second-order valence-corrected chi connectivity index (χ2v) is 5.39. The van der Waals surface area contributed by atoms with E-state index in [1.54, 1.807) is 0 Å². The number of rotatable bonds is 3. The minimum atomic E-state index is 0.696. The van der Waals surface area contributed by atoms with Gasteiger partial charge in [0.2, 0.25) is 0 Å². The molecule has 0 bridgehead atoms. The van der Waals surface area contributed by atoms with E-state index in [0.717, 1.165) is 12.2 Å². The molecule has 0 atom stereocenters. The molecule has 0 aliphatic rings. The predicted molar refractivity (Wildman–Crippen MR) is 82.4 cm³/mol.